The first-order valence-electron chi connectivity index (χ1n) is 19.5. The molecule has 0 fully saturated rings. The second-order valence-corrected chi connectivity index (χ2v) is 20.8. The molecule has 0 aromatic heterocycles. The molecule has 1 aliphatic carbocycles. The highest BCUT2D eigenvalue weighted by Gasteiger charge is 2.40. The summed E-state index contributed by atoms with van der Waals surface area (Å²) in [6.07, 6.45) is 0. The number of fused-ring (bicyclic) bond motifs is 8. The van der Waals surface area contributed by atoms with Gasteiger partial charge >= 0.3 is 0 Å². The van der Waals surface area contributed by atoms with Gasteiger partial charge < -0.3 is 4.90 Å². The number of para-hydroxylation sites is 2. The second-order valence-electron chi connectivity index (χ2n) is 16.5. The Labute approximate surface area is 324 Å². The summed E-state index contributed by atoms with van der Waals surface area (Å²) in [7, 11) is -1.98. The fourth-order valence-electron chi connectivity index (χ4n) is 10.1. The third-order valence-corrected chi connectivity index (χ3v) is 16.4. The highest BCUT2D eigenvalue weighted by atomic mass is 28.3. The van der Waals surface area contributed by atoms with Gasteiger partial charge in [0.05, 0.1) is 5.69 Å². The van der Waals surface area contributed by atoms with Crippen LogP contribution in [0.1, 0.15) is 25.0 Å². The molecule has 0 atom stereocenters. The first kappa shape index (κ1) is 32.2. The Morgan fingerprint density at radius 3 is 1.76 bits per heavy atom. The molecule has 0 saturated heterocycles. The molecule has 0 saturated carbocycles. The van der Waals surface area contributed by atoms with Crippen LogP contribution in [0.25, 0.3) is 65.7 Å². The smallest absolute Gasteiger partial charge is 0.117 e. The number of hydrogen-bond acceptors (Lipinski definition) is 1. The van der Waals surface area contributed by atoms with Crippen molar-refractivity contribution >= 4 is 67.8 Å². The van der Waals surface area contributed by atoms with Crippen LogP contribution in [-0.4, -0.2) is 8.07 Å². The Morgan fingerprint density at radius 1 is 0.418 bits per heavy atom. The van der Waals surface area contributed by atoms with Crippen LogP contribution in [0.15, 0.2) is 176 Å². The maximum absolute atomic E-state index is 2.59. The van der Waals surface area contributed by atoms with Crippen LogP contribution in [0, 0.1) is 0 Å². The van der Waals surface area contributed by atoms with Crippen molar-refractivity contribution in [2.75, 3.05) is 4.90 Å². The van der Waals surface area contributed by atoms with Crippen molar-refractivity contribution < 1.29 is 0 Å². The summed E-state index contributed by atoms with van der Waals surface area (Å²) in [5.74, 6) is 0. The van der Waals surface area contributed by atoms with Crippen molar-refractivity contribution in [3.05, 3.63) is 187 Å². The minimum absolute atomic E-state index is 0.0495. The quantitative estimate of drug-likeness (QED) is 0.130. The lowest BCUT2D eigenvalue weighted by Gasteiger charge is -2.42. The van der Waals surface area contributed by atoms with Crippen molar-refractivity contribution in [2.24, 2.45) is 0 Å². The van der Waals surface area contributed by atoms with Crippen LogP contribution in [0.5, 0.6) is 0 Å². The SMILES string of the molecule is CC1(C)c2ccccc2-c2cc(-c3c4ccccc4c(N4c5ccccc5[Si](C)(C)c5ccccc54)c4ccc(-c5cccc6ccccc56)cc34)ccc21. The molecule has 0 amide bonds. The van der Waals surface area contributed by atoms with E-state index in [4.69, 9.17) is 0 Å². The average Bonchev–Trinajstić information content (AvgIpc) is 3.45. The molecule has 11 rings (SSSR count). The van der Waals surface area contributed by atoms with Crippen LogP contribution in [0.4, 0.5) is 17.1 Å². The second kappa shape index (κ2) is 11.6. The van der Waals surface area contributed by atoms with Gasteiger partial charge in [-0.1, -0.05) is 179 Å². The molecular weight excluding hydrogens is 679 g/mol. The zero-order valence-electron chi connectivity index (χ0n) is 31.7. The molecular formula is C53H41NSi. The van der Waals surface area contributed by atoms with Crippen molar-refractivity contribution in [2.45, 2.75) is 32.4 Å². The summed E-state index contributed by atoms with van der Waals surface area (Å²) in [6, 6.07) is 66.4. The molecule has 262 valence electrons. The van der Waals surface area contributed by atoms with Crippen LogP contribution in [0.2, 0.25) is 13.1 Å². The number of anilines is 3. The Morgan fingerprint density at radius 2 is 0.982 bits per heavy atom. The Balaban J connectivity index is 1.27. The van der Waals surface area contributed by atoms with E-state index in [1.807, 2.05) is 0 Å². The van der Waals surface area contributed by atoms with Gasteiger partial charge in [-0.05, 0) is 101 Å². The van der Waals surface area contributed by atoms with E-state index in [2.05, 4.69) is 208 Å². The van der Waals surface area contributed by atoms with E-state index in [0.717, 1.165) is 0 Å². The monoisotopic (exact) mass is 719 g/mol. The van der Waals surface area contributed by atoms with Gasteiger partial charge in [0.2, 0.25) is 0 Å². The minimum Gasteiger partial charge on any atom is -0.309 e. The number of rotatable bonds is 3. The molecule has 0 spiro atoms. The summed E-state index contributed by atoms with van der Waals surface area (Å²) in [6.45, 7) is 9.74. The van der Waals surface area contributed by atoms with Gasteiger partial charge in [-0.15, -0.1) is 0 Å². The Kier molecular flexibility index (Phi) is 6.82. The van der Waals surface area contributed by atoms with Crippen LogP contribution < -0.4 is 15.3 Å². The Bertz CT molecular complexity index is 3000. The van der Waals surface area contributed by atoms with Crippen molar-refractivity contribution in [3.8, 4) is 33.4 Å². The van der Waals surface area contributed by atoms with Gasteiger partial charge in [0.15, 0.2) is 0 Å². The molecule has 2 heteroatoms. The van der Waals surface area contributed by atoms with Crippen molar-refractivity contribution in [1.29, 1.82) is 0 Å². The van der Waals surface area contributed by atoms with Gasteiger partial charge in [-0.2, -0.15) is 0 Å². The summed E-state index contributed by atoms with van der Waals surface area (Å²) in [5.41, 5.74) is 14.3. The van der Waals surface area contributed by atoms with Gasteiger partial charge in [0.25, 0.3) is 0 Å². The summed E-state index contributed by atoms with van der Waals surface area (Å²) < 4.78 is 0. The molecule has 0 radical (unpaired) electrons. The van der Waals surface area contributed by atoms with Crippen LogP contribution in [0.3, 0.4) is 0 Å². The average molecular weight is 720 g/mol. The molecule has 9 aromatic carbocycles. The summed E-state index contributed by atoms with van der Waals surface area (Å²) in [4.78, 5) is 2.59. The molecule has 2 aliphatic rings. The van der Waals surface area contributed by atoms with E-state index >= 15 is 0 Å². The highest BCUT2D eigenvalue weighted by molar-refractivity contribution is 7.02. The van der Waals surface area contributed by atoms with E-state index in [-0.39, 0.29) is 5.41 Å². The predicted octanol–water partition coefficient (Wildman–Crippen LogP) is 13.4. The molecule has 0 bridgehead atoms. The molecule has 1 aliphatic heterocycles. The third kappa shape index (κ3) is 4.52. The lowest BCUT2D eigenvalue weighted by Crippen LogP contribution is -2.58. The van der Waals surface area contributed by atoms with E-state index in [1.165, 1.54) is 104 Å². The van der Waals surface area contributed by atoms with Gasteiger partial charge in [0, 0.05) is 27.6 Å². The maximum atomic E-state index is 2.59. The number of benzene rings is 9. The maximum Gasteiger partial charge on any atom is 0.117 e. The lowest BCUT2D eigenvalue weighted by molar-refractivity contribution is 0.660. The van der Waals surface area contributed by atoms with Crippen molar-refractivity contribution in [3.63, 3.8) is 0 Å². The normalized spacial score (nSPS) is 14.8. The zero-order chi connectivity index (χ0) is 37.1. The summed E-state index contributed by atoms with van der Waals surface area (Å²) in [5, 5.41) is 10.5. The van der Waals surface area contributed by atoms with Gasteiger partial charge in [-0.25, -0.2) is 0 Å². The first-order valence-corrected chi connectivity index (χ1v) is 22.5. The molecule has 9 aromatic rings. The van der Waals surface area contributed by atoms with Crippen LogP contribution >= 0.6 is 0 Å². The van der Waals surface area contributed by atoms with Crippen LogP contribution in [-0.2, 0) is 5.41 Å². The predicted molar refractivity (Wildman–Crippen MR) is 239 cm³/mol. The molecule has 1 nitrogen and oxygen atoms in total. The fourth-order valence-corrected chi connectivity index (χ4v) is 13.1. The molecule has 55 heavy (non-hydrogen) atoms. The molecule has 1 heterocycles. The zero-order valence-corrected chi connectivity index (χ0v) is 32.7. The van der Waals surface area contributed by atoms with Gasteiger partial charge in [0.1, 0.15) is 8.07 Å². The largest absolute Gasteiger partial charge is 0.309 e. The van der Waals surface area contributed by atoms with Gasteiger partial charge in [-0.3, -0.25) is 0 Å². The number of nitrogens with zero attached hydrogens (tertiary/aromatic N) is 1. The lowest BCUT2D eigenvalue weighted by atomic mass is 9.81. The fraction of sp³-hybridized carbons (Fsp3) is 0.0943. The summed E-state index contributed by atoms with van der Waals surface area (Å²) >= 11 is 0. The molecule has 0 unspecified atom stereocenters. The standard InChI is InChI=1S/C53H41NSi/c1-53(2)45-23-10-9-19-39(45)43-33-36(29-31-46(43)53)51-40-20-7-8-21-41(40)52(54-47-24-11-13-26-49(47)55(3,4)50-27-14-12-25-48(50)54)42-30-28-35(32-44(42)51)38-22-15-17-34-16-5-6-18-37(34)38/h5-33H,1-4H3. The highest BCUT2D eigenvalue weighted by Crippen LogP contribution is 2.53. The third-order valence-electron chi connectivity index (χ3n) is 12.8. The topological polar surface area (TPSA) is 3.24 Å². The van der Waals surface area contributed by atoms with E-state index < -0.39 is 8.07 Å². The van der Waals surface area contributed by atoms with E-state index in [9.17, 15) is 0 Å². The Hall–Kier alpha value is -6.22. The number of hydrogen-bond donors (Lipinski definition) is 0. The minimum atomic E-state index is -1.98. The molecule has 0 N–H and O–H groups in total. The van der Waals surface area contributed by atoms with E-state index in [1.54, 1.807) is 0 Å². The first-order chi connectivity index (χ1) is 26.8. The van der Waals surface area contributed by atoms with Crippen molar-refractivity contribution in [1.82, 2.24) is 0 Å². The van der Waals surface area contributed by atoms with E-state index in [0.29, 0.717) is 0 Å².